The van der Waals surface area contributed by atoms with Gasteiger partial charge in [0.2, 0.25) is 0 Å². The van der Waals surface area contributed by atoms with Crippen LogP contribution in [-0.2, 0) is 6.42 Å². The molecule has 0 saturated carbocycles. The molecule has 4 aromatic rings. The van der Waals surface area contributed by atoms with Crippen LogP contribution in [0.15, 0.2) is 73.1 Å². The number of pyridine rings is 1. The normalized spacial score (nSPS) is 10.7. The molecule has 0 spiro atoms. The number of ether oxygens (including phenoxy) is 1. The predicted molar refractivity (Wildman–Crippen MR) is 116 cm³/mol. The van der Waals surface area contributed by atoms with Gasteiger partial charge in [-0.05, 0) is 54.4 Å². The van der Waals surface area contributed by atoms with Crippen LogP contribution < -0.4 is 15.4 Å². The van der Waals surface area contributed by atoms with Crippen molar-refractivity contribution in [1.29, 1.82) is 0 Å². The lowest BCUT2D eigenvalue weighted by molar-refractivity contribution is 0.102. The van der Waals surface area contributed by atoms with E-state index < -0.39 is 0 Å². The molecule has 29 heavy (non-hydrogen) atoms. The second-order valence-corrected chi connectivity index (χ2v) is 6.65. The first-order valence-electron chi connectivity index (χ1n) is 9.43. The molecule has 2 heterocycles. The first-order chi connectivity index (χ1) is 14.2. The topological polar surface area (TPSA) is 79.0 Å². The molecular formula is C23H22N4O2. The predicted octanol–water partition coefficient (Wildman–Crippen LogP) is 4.48. The third-order valence-electron chi connectivity index (χ3n) is 4.74. The molecule has 1 amide bonds. The van der Waals surface area contributed by atoms with Gasteiger partial charge < -0.3 is 20.4 Å². The van der Waals surface area contributed by atoms with E-state index in [-0.39, 0.29) is 5.91 Å². The van der Waals surface area contributed by atoms with Crippen molar-refractivity contribution < 1.29 is 9.53 Å². The highest BCUT2D eigenvalue weighted by molar-refractivity contribution is 6.02. The van der Waals surface area contributed by atoms with Gasteiger partial charge in [0.05, 0.1) is 19.0 Å². The summed E-state index contributed by atoms with van der Waals surface area (Å²) in [5, 5.41) is 7.43. The van der Waals surface area contributed by atoms with Crippen LogP contribution in [0.2, 0.25) is 0 Å². The van der Waals surface area contributed by atoms with Gasteiger partial charge in [0.25, 0.3) is 5.91 Å². The zero-order chi connectivity index (χ0) is 20.1. The summed E-state index contributed by atoms with van der Waals surface area (Å²) >= 11 is 0. The fraction of sp³-hybridized carbons (Fsp3) is 0.130. The van der Waals surface area contributed by atoms with E-state index in [2.05, 4.69) is 38.9 Å². The van der Waals surface area contributed by atoms with E-state index in [9.17, 15) is 4.79 Å². The van der Waals surface area contributed by atoms with E-state index in [1.54, 1.807) is 43.6 Å². The van der Waals surface area contributed by atoms with Gasteiger partial charge >= 0.3 is 0 Å². The number of benzene rings is 2. The minimum Gasteiger partial charge on any atom is -0.497 e. The molecule has 3 N–H and O–H groups in total. The number of H-pyrrole nitrogens is 1. The third-order valence-corrected chi connectivity index (χ3v) is 4.74. The van der Waals surface area contributed by atoms with Crippen molar-refractivity contribution in [1.82, 2.24) is 9.97 Å². The average molecular weight is 386 g/mol. The van der Waals surface area contributed by atoms with E-state index >= 15 is 0 Å². The number of nitrogens with one attached hydrogen (secondary N) is 3. The molecule has 6 nitrogen and oxygen atoms in total. The van der Waals surface area contributed by atoms with E-state index in [4.69, 9.17) is 4.74 Å². The highest BCUT2D eigenvalue weighted by Gasteiger charge is 2.08. The van der Waals surface area contributed by atoms with Crippen LogP contribution in [0.4, 0.5) is 11.4 Å². The first-order valence-corrected chi connectivity index (χ1v) is 9.43. The van der Waals surface area contributed by atoms with Gasteiger partial charge in [-0.3, -0.25) is 4.79 Å². The Labute approximate surface area is 168 Å². The molecular weight excluding hydrogens is 364 g/mol. The highest BCUT2D eigenvalue weighted by atomic mass is 16.5. The molecule has 146 valence electrons. The minimum absolute atomic E-state index is 0.250. The number of carbonyl (C=O) groups excluding carboxylic acids is 1. The van der Waals surface area contributed by atoms with Crippen LogP contribution in [0.25, 0.3) is 10.9 Å². The van der Waals surface area contributed by atoms with Crippen LogP contribution in [0.5, 0.6) is 5.75 Å². The smallest absolute Gasteiger partial charge is 0.274 e. The summed E-state index contributed by atoms with van der Waals surface area (Å²) in [4.78, 5) is 19.9. The second kappa shape index (κ2) is 8.48. The summed E-state index contributed by atoms with van der Waals surface area (Å²) in [7, 11) is 1.60. The molecule has 0 radical (unpaired) electrons. The largest absolute Gasteiger partial charge is 0.497 e. The molecule has 0 aliphatic rings. The number of anilines is 2. The Kier molecular flexibility index (Phi) is 5.42. The molecule has 0 unspecified atom stereocenters. The van der Waals surface area contributed by atoms with E-state index in [0.717, 1.165) is 29.9 Å². The van der Waals surface area contributed by atoms with Crippen LogP contribution in [0.1, 0.15) is 16.1 Å². The van der Waals surface area contributed by atoms with Gasteiger partial charge in [-0.25, -0.2) is 4.98 Å². The van der Waals surface area contributed by atoms with E-state index in [1.165, 1.54) is 10.9 Å². The summed E-state index contributed by atoms with van der Waals surface area (Å²) in [6, 6.07) is 19.0. The molecule has 2 aromatic heterocycles. The zero-order valence-electron chi connectivity index (χ0n) is 16.1. The van der Waals surface area contributed by atoms with Crippen molar-refractivity contribution in [2.24, 2.45) is 0 Å². The number of hydrogen-bond donors (Lipinski definition) is 3. The summed E-state index contributed by atoms with van der Waals surface area (Å²) in [6.45, 7) is 0.779. The second-order valence-electron chi connectivity index (χ2n) is 6.65. The highest BCUT2D eigenvalue weighted by Crippen LogP contribution is 2.19. The Morgan fingerprint density at radius 2 is 1.83 bits per heavy atom. The van der Waals surface area contributed by atoms with Gasteiger partial charge in [0.15, 0.2) is 0 Å². The van der Waals surface area contributed by atoms with Crippen molar-refractivity contribution in [3.8, 4) is 5.75 Å². The zero-order valence-corrected chi connectivity index (χ0v) is 16.1. The number of nitrogens with zero attached hydrogens (tertiary/aromatic N) is 1. The molecule has 0 aliphatic heterocycles. The van der Waals surface area contributed by atoms with Crippen LogP contribution in [0, 0.1) is 0 Å². The average Bonchev–Trinajstić information content (AvgIpc) is 3.18. The molecule has 0 saturated heterocycles. The number of methoxy groups -OCH3 is 1. The van der Waals surface area contributed by atoms with Gasteiger partial charge in [0, 0.05) is 29.3 Å². The van der Waals surface area contributed by atoms with Gasteiger partial charge in [0.1, 0.15) is 11.4 Å². The van der Waals surface area contributed by atoms with Crippen molar-refractivity contribution in [3.63, 3.8) is 0 Å². The molecule has 4 rings (SSSR count). The Balaban J connectivity index is 1.32. The maximum atomic E-state index is 12.3. The third kappa shape index (κ3) is 4.38. The molecule has 0 fully saturated rings. The number of hydrogen-bond acceptors (Lipinski definition) is 4. The molecule has 6 heteroatoms. The lowest BCUT2D eigenvalue weighted by atomic mass is 10.1. The number of para-hydroxylation sites is 1. The fourth-order valence-corrected chi connectivity index (χ4v) is 3.18. The van der Waals surface area contributed by atoms with Crippen LogP contribution >= 0.6 is 0 Å². The number of rotatable bonds is 7. The standard InChI is InChI=1S/C23H22N4O2/c1-29-19-9-6-17(7-10-19)27-23(28)22-11-8-18(15-26-22)24-13-12-16-14-25-21-5-3-2-4-20(16)21/h2-11,14-15,24-25H,12-13H2,1H3,(H,27,28). The van der Waals surface area contributed by atoms with Crippen molar-refractivity contribution in [2.45, 2.75) is 6.42 Å². The quantitative estimate of drug-likeness (QED) is 0.438. The summed E-state index contributed by atoms with van der Waals surface area (Å²) in [5.41, 5.74) is 4.36. The molecule has 0 aliphatic carbocycles. The molecule has 2 aromatic carbocycles. The summed E-state index contributed by atoms with van der Waals surface area (Å²) < 4.78 is 5.12. The maximum absolute atomic E-state index is 12.3. The Hall–Kier alpha value is -3.80. The number of fused-ring (bicyclic) bond motifs is 1. The first kappa shape index (κ1) is 18.6. The van der Waals surface area contributed by atoms with Gasteiger partial charge in [-0.15, -0.1) is 0 Å². The van der Waals surface area contributed by atoms with Crippen LogP contribution in [-0.4, -0.2) is 29.5 Å². The number of carbonyl (C=O) groups is 1. The Morgan fingerprint density at radius 1 is 1.03 bits per heavy atom. The van der Waals surface area contributed by atoms with Crippen molar-refractivity contribution >= 4 is 28.2 Å². The lowest BCUT2D eigenvalue weighted by Crippen LogP contribution is -2.14. The van der Waals surface area contributed by atoms with Gasteiger partial charge in [-0.1, -0.05) is 18.2 Å². The Morgan fingerprint density at radius 3 is 2.59 bits per heavy atom. The maximum Gasteiger partial charge on any atom is 0.274 e. The van der Waals surface area contributed by atoms with Crippen LogP contribution in [0.3, 0.4) is 0 Å². The lowest BCUT2D eigenvalue weighted by Gasteiger charge is -2.08. The van der Waals surface area contributed by atoms with Gasteiger partial charge in [-0.2, -0.15) is 0 Å². The summed E-state index contributed by atoms with van der Waals surface area (Å²) in [6.07, 6.45) is 4.62. The Bertz CT molecular complexity index is 1100. The minimum atomic E-state index is -0.250. The SMILES string of the molecule is COc1ccc(NC(=O)c2ccc(NCCc3c[nH]c4ccccc34)cn2)cc1. The number of amides is 1. The number of aromatic amines is 1. The monoisotopic (exact) mass is 386 g/mol. The fourth-order valence-electron chi connectivity index (χ4n) is 3.18. The van der Waals surface area contributed by atoms with Crippen molar-refractivity contribution in [2.75, 3.05) is 24.3 Å². The van der Waals surface area contributed by atoms with E-state index in [1.807, 2.05) is 18.2 Å². The summed E-state index contributed by atoms with van der Waals surface area (Å²) in [5.74, 6) is 0.490. The number of aromatic nitrogens is 2. The van der Waals surface area contributed by atoms with E-state index in [0.29, 0.717) is 11.4 Å². The molecule has 0 bridgehead atoms. The van der Waals surface area contributed by atoms with Crippen molar-refractivity contribution in [3.05, 3.63) is 84.3 Å². The molecule has 0 atom stereocenters.